The summed E-state index contributed by atoms with van der Waals surface area (Å²) in [5, 5.41) is 0. The van der Waals surface area contributed by atoms with E-state index < -0.39 is 0 Å². The predicted octanol–water partition coefficient (Wildman–Crippen LogP) is 4.27. The van der Waals surface area contributed by atoms with Gasteiger partial charge in [-0.1, -0.05) is 25.8 Å². The molecule has 0 heterocycles. The van der Waals surface area contributed by atoms with Gasteiger partial charge in [-0.25, -0.2) is 4.39 Å². The van der Waals surface area contributed by atoms with Crippen LogP contribution in [0.4, 0.5) is 4.39 Å². The average molecular weight is 249 g/mol. The van der Waals surface area contributed by atoms with Crippen molar-refractivity contribution in [3.8, 4) is 0 Å². The summed E-state index contributed by atoms with van der Waals surface area (Å²) < 4.78 is 14.1. The molecule has 2 heteroatoms. The van der Waals surface area contributed by atoms with Crippen LogP contribution in [0.2, 0.25) is 0 Å². The Bertz CT molecular complexity index is 404. The summed E-state index contributed by atoms with van der Waals surface area (Å²) >= 11 is 0. The molecule has 1 saturated carbocycles. The minimum atomic E-state index is -0.145. The summed E-state index contributed by atoms with van der Waals surface area (Å²) in [6.07, 6.45) is 4.79. The zero-order chi connectivity index (χ0) is 13.3. The zero-order valence-corrected chi connectivity index (χ0v) is 11.7. The average Bonchev–Trinajstić information content (AvgIpc) is 2.27. The number of benzene rings is 1. The van der Waals surface area contributed by atoms with Gasteiger partial charge in [0.2, 0.25) is 0 Å². The van der Waals surface area contributed by atoms with Gasteiger partial charge < -0.3 is 5.73 Å². The fraction of sp³-hybridized carbons (Fsp3) is 0.625. The van der Waals surface area contributed by atoms with Crippen LogP contribution >= 0.6 is 0 Å². The molecule has 1 fully saturated rings. The van der Waals surface area contributed by atoms with E-state index in [9.17, 15) is 4.39 Å². The Morgan fingerprint density at radius 2 is 2.00 bits per heavy atom. The number of hydrogen-bond acceptors (Lipinski definition) is 1. The van der Waals surface area contributed by atoms with Gasteiger partial charge in [-0.05, 0) is 55.7 Å². The number of rotatable bonds is 2. The van der Waals surface area contributed by atoms with Gasteiger partial charge in [-0.15, -0.1) is 0 Å². The molecule has 0 saturated heterocycles. The molecule has 100 valence electrons. The summed E-state index contributed by atoms with van der Waals surface area (Å²) in [7, 11) is 0. The Labute approximate surface area is 110 Å². The largest absolute Gasteiger partial charge is 0.324 e. The zero-order valence-electron chi connectivity index (χ0n) is 11.7. The minimum Gasteiger partial charge on any atom is -0.324 e. The van der Waals surface area contributed by atoms with Crippen molar-refractivity contribution in [2.24, 2.45) is 17.6 Å². The highest BCUT2D eigenvalue weighted by molar-refractivity contribution is 5.34. The Morgan fingerprint density at radius 1 is 1.28 bits per heavy atom. The number of hydrogen-bond donors (Lipinski definition) is 1. The molecule has 1 aromatic rings. The van der Waals surface area contributed by atoms with Crippen LogP contribution in [-0.2, 0) is 0 Å². The highest BCUT2D eigenvalue weighted by atomic mass is 19.1. The topological polar surface area (TPSA) is 26.0 Å². The Kier molecular flexibility index (Phi) is 4.06. The van der Waals surface area contributed by atoms with Crippen LogP contribution in [0.15, 0.2) is 12.1 Å². The Morgan fingerprint density at radius 3 is 2.61 bits per heavy atom. The predicted molar refractivity (Wildman–Crippen MR) is 73.9 cm³/mol. The standard InChI is InChI=1S/C16H24FN/c1-10-5-4-6-13(8-10)16(18)15-12(3)7-11(2)9-14(15)17/h7,9-10,13,16H,4-6,8,18H2,1-3H3. The van der Waals surface area contributed by atoms with E-state index in [4.69, 9.17) is 5.73 Å². The molecule has 2 N–H and O–H groups in total. The molecule has 18 heavy (non-hydrogen) atoms. The highest BCUT2D eigenvalue weighted by Gasteiger charge is 2.27. The lowest BCUT2D eigenvalue weighted by molar-refractivity contribution is 0.245. The highest BCUT2D eigenvalue weighted by Crippen LogP contribution is 2.37. The molecule has 0 radical (unpaired) electrons. The van der Waals surface area contributed by atoms with Crippen molar-refractivity contribution >= 4 is 0 Å². The lowest BCUT2D eigenvalue weighted by Crippen LogP contribution is -2.27. The molecule has 1 nitrogen and oxygen atoms in total. The molecule has 1 aliphatic carbocycles. The van der Waals surface area contributed by atoms with E-state index >= 15 is 0 Å². The van der Waals surface area contributed by atoms with Gasteiger partial charge in [-0.2, -0.15) is 0 Å². The van der Waals surface area contributed by atoms with E-state index in [0.717, 1.165) is 35.4 Å². The lowest BCUT2D eigenvalue weighted by Gasteiger charge is -2.32. The first kappa shape index (κ1) is 13.5. The Hall–Kier alpha value is -0.890. The van der Waals surface area contributed by atoms with E-state index in [-0.39, 0.29) is 11.9 Å². The SMILES string of the molecule is Cc1cc(C)c(C(N)C2CCCC(C)C2)c(F)c1. The minimum absolute atomic E-state index is 0.127. The molecule has 0 amide bonds. The Balaban J connectivity index is 2.25. The number of aryl methyl sites for hydroxylation is 2. The monoisotopic (exact) mass is 249 g/mol. The van der Waals surface area contributed by atoms with Crippen molar-refractivity contribution in [2.75, 3.05) is 0 Å². The van der Waals surface area contributed by atoms with E-state index in [2.05, 4.69) is 6.92 Å². The molecule has 2 rings (SSSR count). The van der Waals surface area contributed by atoms with Crippen LogP contribution in [0.5, 0.6) is 0 Å². The van der Waals surface area contributed by atoms with Crippen molar-refractivity contribution in [3.63, 3.8) is 0 Å². The van der Waals surface area contributed by atoms with Crippen LogP contribution in [-0.4, -0.2) is 0 Å². The van der Waals surface area contributed by atoms with Crippen molar-refractivity contribution in [2.45, 2.75) is 52.5 Å². The van der Waals surface area contributed by atoms with Gasteiger partial charge in [0, 0.05) is 11.6 Å². The van der Waals surface area contributed by atoms with Crippen LogP contribution in [0.3, 0.4) is 0 Å². The first-order chi connectivity index (χ1) is 8.49. The van der Waals surface area contributed by atoms with Crippen molar-refractivity contribution in [3.05, 3.63) is 34.6 Å². The van der Waals surface area contributed by atoms with Gasteiger partial charge in [0.05, 0.1) is 0 Å². The molecular formula is C16H24FN. The maximum absolute atomic E-state index is 14.1. The van der Waals surface area contributed by atoms with Crippen LogP contribution in [0, 0.1) is 31.5 Å². The van der Waals surface area contributed by atoms with Crippen molar-refractivity contribution in [1.82, 2.24) is 0 Å². The normalized spacial score (nSPS) is 26.1. The van der Waals surface area contributed by atoms with E-state index in [1.807, 2.05) is 19.9 Å². The van der Waals surface area contributed by atoms with Gasteiger partial charge in [-0.3, -0.25) is 0 Å². The molecular weight excluding hydrogens is 225 g/mol. The maximum Gasteiger partial charge on any atom is 0.128 e. The summed E-state index contributed by atoms with van der Waals surface area (Å²) in [5.41, 5.74) is 9.05. The molecule has 3 unspecified atom stereocenters. The first-order valence-electron chi connectivity index (χ1n) is 7.01. The van der Waals surface area contributed by atoms with Gasteiger partial charge in [0.1, 0.15) is 5.82 Å². The summed E-state index contributed by atoms with van der Waals surface area (Å²) in [6, 6.07) is 3.49. The number of halogens is 1. The quantitative estimate of drug-likeness (QED) is 0.832. The second kappa shape index (κ2) is 5.40. The molecule has 0 bridgehead atoms. The van der Waals surface area contributed by atoms with Gasteiger partial charge in [0.15, 0.2) is 0 Å². The summed E-state index contributed by atoms with van der Waals surface area (Å²) in [6.45, 7) is 6.17. The fourth-order valence-corrected chi connectivity index (χ4v) is 3.39. The molecule has 1 aliphatic rings. The van der Waals surface area contributed by atoms with Crippen LogP contribution in [0.1, 0.15) is 55.3 Å². The van der Waals surface area contributed by atoms with E-state index in [0.29, 0.717) is 5.92 Å². The molecule has 0 aromatic heterocycles. The van der Waals surface area contributed by atoms with E-state index in [1.165, 1.54) is 12.8 Å². The second-order valence-electron chi connectivity index (χ2n) is 6.03. The van der Waals surface area contributed by atoms with Gasteiger partial charge >= 0.3 is 0 Å². The molecule has 0 aliphatic heterocycles. The third-order valence-corrected chi connectivity index (χ3v) is 4.30. The molecule has 3 atom stereocenters. The van der Waals surface area contributed by atoms with Crippen molar-refractivity contribution < 1.29 is 4.39 Å². The first-order valence-corrected chi connectivity index (χ1v) is 7.01. The lowest BCUT2D eigenvalue weighted by atomic mass is 9.76. The number of nitrogens with two attached hydrogens (primary N) is 1. The van der Waals surface area contributed by atoms with Crippen LogP contribution < -0.4 is 5.73 Å². The molecule has 1 aromatic carbocycles. The summed E-state index contributed by atoms with van der Waals surface area (Å²) in [5.74, 6) is 1.03. The molecule has 0 spiro atoms. The summed E-state index contributed by atoms with van der Waals surface area (Å²) in [4.78, 5) is 0. The van der Waals surface area contributed by atoms with Crippen LogP contribution in [0.25, 0.3) is 0 Å². The third-order valence-electron chi connectivity index (χ3n) is 4.30. The smallest absolute Gasteiger partial charge is 0.128 e. The van der Waals surface area contributed by atoms with E-state index in [1.54, 1.807) is 6.07 Å². The fourth-order valence-electron chi connectivity index (χ4n) is 3.39. The van der Waals surface area contributed by atoms with Gasteiger partial charge in [0.25, 0.3) is 0 Å². The second-order valence-corrected chi connectivity index (χ2v) is 6.03. The van der Waals surface area contributed by atoms with Crippen molar-refractivity contribution in [1.29, 1.82) is 0 Å². The third kappa shape index (κ3) is 2.74. The maximum atomic E-state index is 14.1.